The lowest BCUT2D eigenvalue weighted by Gasteiger charge is -2.03. The fraction of sp³-hybridized carbons (Fsp3) is 0.0909. The summed E-state index contributed by atoms with van der Waals surface area (Å²) in [6.07, 6.45) is 0. The molecule has 1 N–H and O–H groups in total. The van der Waals surface area contributed by atoms with Gasteiger partial charge in [-0.25, -0.2) is 0 Å². The van der Waals surface area contributed by atoms with Crippen molar-refractivity contribution in [3.8, 4) is 0 Å². The van der Waals surface area contributed by atoms with E-state index in [1.807, 2.05) is 0 Å². The highest BCUT2D eigenvalue weighted by molar-refractivity contribution is 6.31. The minimum atomic E-state index is -0.678. The standard InChI is InChI=1S/C11H8ClN3O4/c1-6-4-10(14-19-6)13-11(16)8-5-7(12)2-3-9(8)15(17)18/h2-5H,1H3,(H,13,14,16). The highest BCUT2D eigenvalue weighted by atomic mass is 35.5. The van der Waals surface area contributed by atoms with Crippen LogP contribution in [0.1, 0.15) is 16.1 Å². The maximum absolute atomic E-state index is 11.9. The molecule has 1 aromatic carbocycles. The van der Waals surface area contributed by atoms with Crippen LogP contribution in [0.3, 0.4) is 0 Å². The Kier molecular flexibility index (Phi) is 3.48. The molecule has 2 aromatic rings. The zero-order valence-corrected chi connectivity index (χ0v) is 10.5. The van der Waals surface area contributed by atoms with Gasteiger partial charge in [-0.3, -0.25) is 14.9 Å². The monoisotopic (exact) mass is 281 g/mol. The molecule has 98 valence electrons. The van der Waals surface area contributed by atoms with E-state index in [9.17, 15) is 14.9 Å². The first-order valence-electron chi connectivity index (χ1n) is 5.16. The predicted octanol–water partition coefficient (Wildman–Crippen LogP) is 2.80. The Bertz CT molecular complexity index is 653. The van der Waals surface area contributed by atoms with Crippen LogP contribution in [0, 0.1) is 17.0 Å². The topological polar surface area (TPSA) is 98.3 Å². The van der Waals surface area contributed by atoms with Gasteiger partial charge in [0.05, 0.1) is 4.92 Å². The third kappa shape index (κ3) is 2.89. The Hall–Kier alpha value is -2.41. The number of carbonyl (C=O) groups excluding carboxylic acids is 1. The van der Waals surface area contributed by atoms with Crippen molar-refractivity contribution < 1.29 is 14.2 Å². The SMILES string of the molecule is Cc1cc(NC(=O)c2cc(Cl)ccc2[N+](=O)[O-])no1. The molecule has 8 heteroatoms. The van der Waals surface area contributed by atoms with Gasteiger partial charge in [0, 0.05) is 17.2 Å². The summed E-state index contributed by atoms with van der Waals surface area (Å²) in [4.78, 5) is 22.1. The van der Waals surface area contributed by atoms with E-state index >= 15 is 0 Å². The number of benzene rings is 1. The second kappa shape index (κ2) is 5.07. The lowest BCUT2D eigenvalue weighted by Crippen LogP contribution is -2.14. The number of rotatable bonds is 3. The Morgan fingerprint density at radius 3 is 2.79 bits per heavy atom. The molecule has 2 rings (SSSR count). The number of halogens is 1. The number of nitro benzene ring substituents is 1. The number of aromatic nitrogens is 1. The number of nitrogens with one attached hydrogen (secondary N) is 1. The molecular weight excluding hydrogens is 274 g/mol. The van der Waals surface area contributed by atoms with Gasteiger partial charge in [-0.1, -0.05) is 16.8 Å². The summed E-state index contributed by atoms with van der Waals surface area (Å²) < 4.78 is 4.78. The summed E-state index contributed by atoms with van der Waals surface area (Å²) in [6.45, 7) is 1.66. The molecule has 1 amide bonds. The van der Waals surface area contributed by atoms with Gasteiger partial charge in [-0.2, -0.15) is 0 Å². The van der Waals surface area contributed by atoms with Crippen LogP contribution in [-0.4, -0.2) is 16.0 Å². The molecule has 0 spiro atoms. The smallest absolute Gasteiger partial charge is 0.282 e. The summed E-state index contributed by atoms with van der Waals surface area (Å²) in [5.74, 6) is 0.00941. The molecular formula is C11H8ClN3O4. The van der Waals surface area contributed by atoms with E-state index in [1.165, 1.54) is 24.3 Å². The van der Waals surface area contributed by atoms with Crippen molar-refractivity contribution in [2.24, 2.45) is 0 Å². The molecule has 0 unspecified atom stereocenters. The number of aryl methyl sites for hydroxylation is 1. The average Bonchev–Trinajstić information content (AvgIpc) is 2.74. The Morgan fingerprint density at radius 1 is 1.47 bits per heavy atom. The van der Waals surface area contributed by atoms with Crippen molar-refractivity contribution in [2.75, 3.05) is 5.32 Å². The van der Waals surface area contributed by atoms with Gasteiger partial charge in [0.15, 0.2) is 5.82 Å². The van der Waals surface area contributed by atoms with E-state index in [0.29, 0.717) is 5.76 Å². The molecule has 0 atom stereocenters. The van der Waals surface area contributed by atoms with Gasteiger partial charge in [0.2, 0.25) is 0 Å². The molecule has 1 aromatic heterocycles. The number of hydrogen-bond acceptors (Lipinski definition) is 5. The summed E-state index contributed by atoms with van der Waals surface area (Å²) in [5, 5.41) is 17.0. The second-order valence-corrected chi connectivity index (χ2v) is 4.13. The average molecular weight is 282 g/mol. The van der Waals surface area contributed by atoms with Crippen molar-refractivity contribution in [2.45, 2.75) is 6.92 Å². The Balaban J connectivity index is 2.32. The Labute approximate surface area is 112 Å². The first-order valence-corrected chi connectivity index (χ1v) is 5.54. The lowest BCUT2D eigenvalue weighted by molar-refractivity contribution is -0.385. The maximum atomic E-state index is 11.9. The summed E-state index contributed by atoms with van der Waals surface area (Å²) in [6, 6.07) is 5.23. The summed E-state index contributed by atoms with van der Waals surface area (Å²) >= 11 is 5.74. The fourth-order valence-corrected chi connectivity index (χ4v) is 1.63. The van der Waals surface area contributed by atoms with Crippen molar-refractivity contribution >= 4 is 29.0 Å². The van der Waals surface area contributed by atoms with Crippen molar-refractivity contribution in [3.63, 3.8) is 0 Å². The molecule has 0 saturated carbocycles. The number of nitro groups is 1. The van der Waals surface area contributed by atoms with E-state index in [-0.39, 0.29) is 22.1 Å². The van der Waals surface area contributed by atoms with E-state index in [2.05, 4.69) is 10.5 Å². The lowest BCUT2D eigenvalue weighted by atomic mass is 10.1. The molecule has 7 nitrogen and oxygen atoms in total. The third-order valence-electron chi connectivity index (χ3n) is 2.27. The zero-order chi connectivity index (χ0) is 14.0. The van der Waals surface area contributed by atoms with Crippen molar-refractivity contribution in [1.29, 1.82) is 0 Å². The number of amides is 1. The summed E-state index contributed by atoms with van der Waals surface area (Å²) in [7, 11) is 0. The van der Waals surface area contributed by atoms with Crippen LogP contribution in [-0.2, 0) is 0 Å². The first kappa shape index (κ1) is 13.0. The summed E-state index contributed by atoms with van der Waals surface area (Å²) in [5.41, 5.74) is -0.472. The van der Waals surface area contributed by atoms with Crippen molar-refractivity contribution in [1.82, 2.24) is 5.16 Å². The van der Waals surface area contributed by atoms with E-state index in [1.54, 1.807) is 6.92 Å². The molecule has 0 radical (unpaired) electrons. The third-order valence-corrected chi connectivity index (χ3v) is 2.50. The number of hydrogen-bond donors (Lipinski definition) is 1. The molecule has 19 heavy (non-hydrogen) atoms. The van der Waals surface area contributed by atoms with Crippen LogP contribution >= 0.6 is 11.6 Å². The van der Waals surface area contributed by atoms with Crippen LogP contribution < -0.4 is 5.32 Å². The van der Waals surface area contributed by atoms with Gasteiger partial charge in [0.25, 0.3) is 11.6 Å². The van der Waals surface area contributed by atoms with Crippen LogP contribution in [0.2, 0.25) is 5.02 Å². The largest absolute Gasteiger partial charge is 0.360 e. The van der Waals surface area contributed by atoms with Crippen molar-refractivity contribution in [3.05, 3.63) is 50.7 Å². The van der Waals surface area contributed by atoms with Crippen LogP contribution in [0.4, 0.5) is 11.5 Å². The van der Waals surface area contributed by atoms with E-state index in [4.69, 9.17) is 16.1 Å². The second-order valence-electron chi connectivity index (χ2n) is 3.70. The number of carbonyl (C=O) groups is 1. The number of nitrogens with zero attached hydrogens (tertiary/aromatic N) is 2. The highest BCUT2D eigenvalue weighted by Gasteiger charge is 2.21. The van der Waals surface area contributed by atoms with E-state index < -0.39 is 10.8 Å². The van der Waals surface area contributed by atoms with Crippen LogP contribution in [0.5, 0.6) is 0 Å². The maximum Gasteiger partial charge on any atom is 0.282 e. The predicted molar refractivity (Wildman–Crippen MR) is 67.3 cm³/mol. The minimum absolute atomic E-state index is 0.141. The van der Waals surface area contributed by atoms with E-state index in [0.717, 1.165) is 0 Å². The van der Waals surface area contributed by atoms with Gasteiger partial charge >= 0.3 is 0 Å². The molecule has 0 aliphatic heterocycles. The van der Waals surface area contributed by atoms with Gasteiger partial charge in [-0.05, 0) is 19.1 Å². The molecule has 0 aliphatic carbocycles. The molecule has 0 bridgehead atoms. The normalized spacial score (nSPS) is 10.2. The number of anilines is 1. The highest BCUT2D eigenvalue weighted by Crippen LogP contribution is 2.23. The molecule has 0 aliphatic rings. The van der Waals surface area contributed by atoms with Gasteiger partial charge in [0.1, 0.15) is 11.3 Å². The molecule has 1 heterocycles. The van der Waals surface area contributed by atoms with Crippen LogP contribution in [0.25, 0.3) is 0 Å². The zero-order valence-electron chi connectivity index (χ0n) is 9.71. The van der Waals surface area contributed by atoms with Crippen LogP contribution in [0.15, 0.2) is 28.8 Å². The molecule has 0 saturated heterocycles. The molecule has 0 fully saturated rings. The Morgan fingerprint density at radius 2 is 2.21 bits per heavy atom. The van der Waals surface area contributed by atoms with Gasteiger partial charge in [-0.15, -0.1) is 0 Å². The first-order chi connectivity index (χ1) is 8.97. The quantitative estimate of drug-likeness (QED) is 0.689. The fourth-order valence-electron chi connectivity index (χ4n) is 1.46. The van der Waals surface area contributed by atoms with Gasteiger partial charge < -0.3 is 9.84 Å². The minimum Gasteiger partial charge on any atom is -0.360 e.